The second kappa shape index (κ2) is 8.36. The lowest BCUT2D eigenvalue weighted by Gasteiger charge is -2.13. The van der Waals surface area contributed by atoms with Crippen LogP contribution in [0.5, 0.6) is 0 Å². The van der Waals surface area contributed by atoms with E-state index in [9.17, 15) is 13.2 Å². The molecule has 1 aromatic carbocycles. The van der Waals surface area contributed by atoms with Crippen LogP contribution in [0.15, 0.2) is 64.4 Å². The maximum atomic E-state index is 12.3. The van der Waals surface area contributed by atoms with E-state index >= 15 is 0 Å². The molecule has 0 saturated carbocycles. The molecule has 0 aliphatic heterocycles. The summed E-state index contributed by atoms with van der Waals surface area (Å²) in [7, 11) is -3.59. The maximum Gasteiger partial charge on any atom is 0.271 e. The molecule has 2 N–H and O–H groups in total. The summed E-state index contributed by atoms with van der Waals surface area (Å²) in [6.07, 6.45) is 3.60. The third-order valence-electron chi connectivity index (χ3n) is 3.83. The lowest BCUT2D eigenvalue weighted by Crippen LogP contribution is -2.30. The van der Waals surface area contributed by atoms with Gasteiger partial charge in [-0.1, -0.05) is 13.0 Å². The molecule has 1 unspecified atom stereocenters. The first kappa shape index (κ1) is 19.1. The van der Waals surface area contributed by atoms with E-state index in [0.717, 1.165) is 17.9 Å². The molecule has 2 heterocycles. The zero-order valence-corrected chi connectivity index (χ0v) is 16.3. The van der Waals surface area contributed by atoms with Gasteiger partial charge in [0.05, 0.1) is 0 Å². The van der Waals surface area contributed by atoms with Gasteiger partial charge in [0.15, 0.2) is 0 Å². The van der Waals surface area contributed by atoms with E-state index in [1.54, 1.807) is 48.0 Å². The lowest BCUT2D eigenvalue weighted by atomic mass is 10.1. The van der Waals surface area contributed by atoms with Gasteiger partial charge in [-0.2, -0.15) is 5.10 Å². The van der Waals surface area contributed by atoms with Crippen molar-refractivity contribution >= 4 is 33.0 Å². The fourth-order valence-corrected chi connectivity index (χ4v) is 4.52. The van der Waals surface area contributed by atoms with Gasteiger partial charge in [0, 0.05) is 36.7 Å². The molecule has 0 fully saturated rings. The predicted octanol–water partition coefficient (Wildman–Crippen LogP) is 2.81. The highest BCUT2D eigenvalue weighted by Gasteiger charge is 2.15. The van der Waals surface area contributed by atoms with E-state index in [2.05, 4.69) is 15.1 Å². The first-order valence-corrected chi connectivity index (χ1v) is 10.7. The molecule has 2 aromatic heterocycles. The molecule has 0 aliphatic carbocycles. The second-order valence-electron chi connectivity index (χ2n) is 6.16. The zero-order valence-electron chi connectivity index (χ0n) is 14.7. The van der Waals surface area contributed by atoms with Crippen LogP contribution in [0.3, 0.4) is 0 Å². The number of amides is 1. The Balaban J connectivity index is 1.54. The van der Waals surface area contributed by atoms with Crippen molar-refractivity contribution in [1.29, 1.82) is 0 Å². The molecule has 1 amide bonds. The van der Waals surface area contributed by atoms with Crippen molar-refractivity contribution in [1.82, 2.24) is 15.1 Å². The van der Waals surface area contributed by atoms with Gasteiger partial charge in [-0.15, -0.1) is 11.3 Å². The molecular formula is C18H20N4O3S2. The van der Waals surface area contributed by atoms with Crippen molar-refractivity contribution < 1.29 is 13.2 Å². The van der Waals surface area contributed by atoms with Crippen molar-refractivity contribution in [3.63, 3.8) is 0 Å². The Labute approximate surface area is 162 Å². The Kier molecular flexibility index (Phi) is 5.92. The Morgan fingerprint density at radius 2 is 2.00 bits per heavy atom. The summed E-state index contributed by atoms with van der Waals surface area (Å²) >= 11 is 1.15. The van der Waals surface area contributed by atoms with Crippen LogP contribution in [0.2, 0.25) is 0 Å². The van der Waals surface area contributed by atoms with Crippen LogP contribution < -0.4 is 10.0 Å². The highest BCUT2D eigenvalue weighted by molar-refractivity contribution is 7.94. The van der Waals surface area contributed by atoms with Gasteiger partial charge < -0.3 is 5.32 Å². The molecule has 0 spiro atoms. The molecule has 0 aliphatic rings. The first-order valence-electron chi connectivity index (χ1n) is 8.36. The van der Waals surface area contributed by atoms with Crippen LogP contribution in [0, 0.1) is 5.92 Å². The smallest absolute Gasteiger partial charge is 0.271 e. The first-order chi connectivity index (χ1) is 12.9. The minimum atomic E-state index is -3.59. The monoisotopic (exact) mass is 404 g/mol. The molecule has 1 atom stereocenters. The number of carbonyl (C=O) groups is 1. The molecule has 9 heteroatoms. The molecule has 3 rings (SSSR count). The number of hydrogen-bond donors (Lipinski definition) is 2. The van der Waals surface area contributed by atoms with Crippen LogP contribution in [0.1, 0.15) is 17.3 Å². The van der Waals surface area contributed by atoms with Crippen molar-refractivity contribution in [3.8, 4) is 0 Å². The maximum absolute atomic E-state index is 12.3. The van der Waals surface area contributed by atoms with Crippen LogP contribution in [-0.2, 0) is 16.6 Å². The Morgan fingerprint density at radius 3 is 2.63 bits per heavy atom. The summed E-state index contributed by atoms with van der Waals surface area (Å²) in [6, 6.07) is 11.4. The third kappa shape index (κ3) is 5.18. The number of sulfonamides is 1. The van der Waals surface area contributed by atoms with Crippen LogP contribution in [0.25, 0.3) is 0 Å². The standard InChI is InChI=1S/C18H20N4O3S2/c1-14(13-22-10-3-9-20-22)12-19-18(23)15-5-7-16(8-6-15)21-27(24,25)17-4-2-11-26-17/h2-11,14,21H,12-13H2,1H3,(H,19,23). The summed E-state index contributed by atoms with van der Waals surface area (Å²) in [5.74, 6) is 0.0284. The van der Waals surface area contributed by atoms with Crippen LogP contribution in [-0.4, -0.2) is 30.7 Å². The number of thiophene rings is 1. The summed E-state index contributed by atoms with van der Waals surface area (Å²) in [5.41, 5.74) is 0.882. The molecule has 0 saturated heterocycles. The Bertz CT molecular complexity index is 966. The fraction of sp³-hybridized carbons (Fsp3) is 0.222. The van der Waals surface area contributed by atoms with Gasteiger partial charge >= 0.3 is 0 Å². The van der Waals surface area contributed by atoms with Crippen molar-refractivity contribution in [2.75, 3.05) is 11.3 Å². The SMILES string of the molecule is CC(CNC(=O)c1ccc(NS(=O)(=O)c2cccs2)cc1)Cn1cccn1. The zero-order chi connectivity index (χ0) is 19.3. The highest BCUT2D eigenvalue weighted by Crippen LogP contribution is 2.20. The molecule has 7 nitrogen and oxygen atoms in total. The normalized spacial score (nSPS) is 12.5. The van der Waals surface area contributed by atoms with E-state index in [1.807, 2.05) is 23.9 Å². The largest absolute Gasteiger partial charge is 0.352 e. The molecule has 3 aromatic rings. The minimum absolute atomic E-state index is 0.199. The second-order valence-corrected chi connectivity index (χ2v) is 9.02. The summed E-state index contributed by atoms with van der Waals surface area (Å²) < 4.78 is 29.0. The van der Waals surface area contributed by atoms with E-state index in [0.29, 0.717) is 17.8 Å². The molecule has 27 heavy (non-hydrogen) atoms. The number of nitrogens with one attached hydrogen (secondary N) is 2. The van der Waals surface area contributed by atoms with Gasteiger partial charge in [-0.05, 0) is 47.7 Å². The van der Waals surface area contributed by atoms with E-state index < -0.39 is 10.0 Å². The molecule has 0 radical (unpaired) electrons. The number of anilines is 1. The topological polar surface area (TPSA) is 93.1 Å². The number of rotatable bonds is 8. The number of hydrogen-bond acceptors (Lipinski definition) is 5. The van der Waals surface area contributed by atoms with E-state index in [-0.39, 0.29) is 16.0 Å². The van der Waals surface area contributed by atoms with E-state index in [1.165, 1.54) is 0 Å². The Hall–Kier alpha value is -2.65. The highest BCUT2D eigenvalue weighted by atomic mass is 32.2. The van der Waals surface area contributed by atoms with Gasteiger partial charge in [-0.25, -0.2) is 8.42 Å². The number of carbonyl (C=O) groups excluding carboxylic acids is 1. The van der Waals surface area contributed by atoms with Gasteiger partial charge in [0.25, 0.3) is 15.9 Å². The van der Waals surface area contributed by atoms with Crippen molar-refractivity contribution in [3.05, 3.63) is 65.8 Å². The quantitative estimate of drug-likeness (QED) is 0.604. The predicted molar refractivity (Wildman–Crippen MR) is 105 cm³/mol. The van der Waals surface area contributed by atoms with Gasteiger partial charge in [0.1, 0.15) is 4.21 Å². The Morgan fingerprint density at radius 1 is 1.22 bits per heavy atom. The number of nitrogens with zero attached hydrogens (tertiary/aromatic N) is 2. The molecule has 0 bridgehead atoms. The lowest BCUT2D eigenvalue weighted by molar-refractivity contribution is 0.0946. The number of benzene rings is 1. The fourth-order valence-electron chi connectivity index (χ4n) is 2.47. The summed E-state index contributed by atoms with van der Waals surface area (Å²) in [6.45, 7) is 3.27. The summed E-state index contributed by atoms with van der Waals surface area (Å²) in [5, 5.41) is 8.74. The average Bonchev–Trinajstić information content (AvgIpc) is 3.34. The van der Waals surface area contributed by atoms with Crippen molar-refractivity contribution in [2.24, 2.45) is 5.92 Å². The summed E-state index contributed by atoms with van der Waals surface area (Å²) in [4.78, 5) is 12.3. The average molecular weight is 405 g/mol. The van der Waals surface area contributed by atoms with Gasteiger partial charge in [0.2, 0.25) is 0 Å². The van der Waals surface area contributed by atoms with Gasteiger partial charge in [-0.3, -0.25) is 14.2 Å². The van der Waals surface area contributed by atoms with Crippen LogP contribution >= 0.6 is 11.3 Å². The molecule has 142 valence electrons. The minimum Gasteiger partial charge on any atom is -0.352 e. The third-order valence-corrected chi connectivity index (χ3v) is 6.61. The van der Waals surface area contributed by atoms with E-state index in [4.69, 9.17) is 0 Å². The molecular weight excluding hydrogens is 384 g/mol. The van der Waals surface area contributed by atoms with Crippen LogP contribution in [0.4, 0.5) is 5.69 Å². The van der Waals surface area contributed by atoms with Crippen molar-refractivity contribution in [2.45, 2.75) is 17.7 Å². The number of aromatic nitrogens is 2.